The Morgan fingerprint density at radius 3 is 2.25 bits per heavy atom. The molecule has 3 amide bonds. The SMILES string of the molecule is Cc1c(NC(=O)c2ccc(CNCCNC(=O)CCCNc3nc(N)n4nc(-c5ccco5)nc4n3)cn2)cccc1-c1cccc(NC(=O)c2ccc(CN3CCCC[C@H]3C(=O)O)cn2)c1Cl.O=CO. The molecule has 9 N–H and O–H groups in total. The van der Waals surface area contributed by atoms with Crippen molar-refractivity contribution in [2.24, 2.45) is 0 Å². The van der Waals surface area contributed by atoms with Gasteiger partial charge in [0.2, 0.25) is 23.6 Å². The van der Waals surface area contributed by atoms with Crippen LogP contribution in [0, 0.1) is 6.92 Å². The predicted octanol–water partition coefficient (Wildman–Crippen LogP) is 5.52. The summed E-state index contributed by atoms with van der Waals surface area (Å²) < 4.78 is 6.66. The molecule has 71 heavy (non-hydrogen) atoms. The summed E-state index contributed by atoms with van der Waals surface area (Å²) in [7, 11) is 0. The number of aliphatic carboxylic acids is 1. The van der Waals surface area contributed by atoms with Crippen LogP contribution in [0.3, 0.4) is 0 Å². The van der Waals surface area contributed by atoms with Gasteiger partial charge in [0, 0.05) is 62.8 Å². The first-order chi connectivity index (χ1) is 34.4. The number of carbonyl (C=O) groups excluding carboxylic acids is 3. The Morgan fingerprint density at radius 2 is 1.56 bits per heavy atom. The van der Waals surface area contributed by atoms with Crippen molar-refractivity contribution in [1.82, 2.24) is 50.1 Å². The Kier molecular flexibility index (Phi) is 17.3. The van der Waals surface area contributed by atoms with Crippen LogP contribution in [0.2, 0.25) is 5.02 Å². The molecule has 1 aliphatic heterocycles. The highest BCUT2D eigenvalue weighted by Crippen LogP contribution is 2.37. The minimum absolute atomic E-state index is 0.0936. The van der Waals surface area contributed by atoms with Crippen LogP contribution in [0.25, 0.3) is 28.5 Å². The summed E-state index contributed by atoms with van der Waals surface area (Å²) in [5.41, 5.74) is 11.3. The van der Waals surface area contributed by atoms with E-state index in [1.807, 2.05) is 36.1 Å². The number of carbonyl (C=O) groups is 5. The largest absolute Gasteiger partial charge is 0.483 e. The van der Waals surface area contributed by atoms with E-state index in [1.54, 1.807) is 60.9 Å². The van der Waals surface area contributed by atoms with Crippen LogP contribution in [0.1, 0.15) is 69.8 Å². The third-order valence-corrected chi connectivity index (χ3v) is 11.7. The van der Waals surface area contributed by atoms with Gasteiger partial charge in [0.25, 0.3) is 24.1 Å². The van der Waals surface area contributed by atoms with Crippen molar-refractivity contribution >= 4 is 70.8 Å². The fourth-order valence-electron chi connectivity index (χ4n) is 7.74. The highest BCUT2D eigenvalue weighted by atomic mass is 35.5. The molecule has 22 nitrogen and oxygen atoms in total. The zero-order valence-electron chi connectivity index (χ0n) is 38.5. The summed E-state index contributed by atoms with van der Waals surface area (Å²) in [5, 5.41) is 36.2. The van der Waals surface area contributed by atoms with Gasteiger partial charge in [-0.15, -0.1) is 5.10 Å². The third-order valence-electron chi connectivity index (χ3n) is 11.3. The second-order valence-electron chi connectivity index (χ2n) is 16.2. The smallest absolute Gasteiger partial charge is 0.320 e. The quantitative estimate of drug-likeness (QED) is 0.0365. The van der Waals surface area contributed by atoms with Crippen LogP contribution in [0.15, 0.2) is 95.9 Å². The predicted molar refractivity (Wildman–Crippen MR) is 264 cm³/mol. The van der Waals surface area contributed by atoms with Gasteiger partial charge < -0.3 is 46.9 Å². The molecular weight excluding hydrogens is 936 g/mol. The van der Waals surface area contributed by atoms with E-state index in [1.165, 1.54) is 10.8 Å². The number of halogens is 1. The molecule has 1 atom stereocenters. The van der Waals surface area contributed by atoms with E-state index < -0.39 is 23.8 Å². The molecule has 1 fully saturated rings. The number of nitrogen functional groups attached to an aromatic ring is 1. The van der Waals surface area contributed by atoms with Crippen molar-refractivity contribution in [3.05, 3.63) is 125 Å². The summed E-state index contributed by atoms with van der Waals surface area (Å²) >= 11 is 6.90. The summed E-state index contributed by atoms with van der Waals surface area (Å²) in [4.78, 5) is 82.7. The van der Waals surface area contributed by atoms with Crippen molar-refractivity contribution in [3.63, 3.8) is 0 Å². The highest BCUT2D eigenvalue weighted by molar-refractivity contribution is 6.36. The average molecular weight is 987 g/mol. The molecule has 1 aliphatic rings. The number of fused-ring (bicyclic) bond motifs is 1. The number of nitrogens with zero attached hydrogens (tertiary/aromatic N) is 8. The fourth-order valence-corrected chi connectivity index (χ4v) is 8.01. The second-order valence-corrected chi connectivity index (χ2v) is 16.5. The Morgan fingerprint density at radius 1 is 0.859 bits per heavy atom. The number of furan rings is 1. The van der Waals surface area contributed by atoms with Gasteiger partial charge in [0.15, 0.2) is 5.76 Å². The van der Waals surface area contributed by atoms with Gasteiger partial charge >= 0.3 is 5.97 Å². The second kappa shape index (κ2) is 24.3. The summed E-state index contributed by atoms with van der Waals surface area (Å²) in [5.74, 6) is -0.283. The number of pyridine rings is 2. The number of piperidine rings is 1. The molecule has 1 saturated heterocycles. The highest BCUT2D eigenvalue weighted by Gasteiger charge is 2.28. The van der Waals surface area contributed by atoms with E-state index in [9.17, 15) is 24.3 Å². The van der Waals surface area contributed by atoms with Crippen molar-refractivity contribution in [3.8, 4) is 22.7 Å². The zero-order chi connectivity index (χ0) is 50.3. The summed E-state index contributed by atoms with van der Waals surface area (Å²) in [6, 6.07) is 20.6. The molecule has 7 aromatic rings. The van der Waals surface area contributed by atoms with Gasteiger partial charge in [-0.25, -0.2) is 0 Å². The number of nitrogens with two attached hydrogens (primary N) is 1. The van der Waals surface area contributed by atoms with Gasteiger partial charge in [-0.3, -0.25) is 38.8 Å². The van der Waals surface area contributed by atoms with Crippen LogP contribution in [-0.4, -0.2) is 112 Å². The third kappa shape index (κ3) is 13.3. The topological polar surface area (TPSA) is 310 Å². The Bertz CT molecular complexity index is 2970. The molecule has 0 aliphatic carbocycles. The number of carboxylic acids is 1. The monoisotopic (exact) mass is 986 g/mol. The van der Waals surface area contributed by atoms with Crippen molar-refractivity contribution < 1.29 is 38.6 Å². The van der Waals surface area contributed by atoms with Crippen LogP contribution >= 0.6 is 11.6 Å². The van der Waals surface area contributed by atoms with Crippen molar-refractivity contribution in [2.45, 2.75) is 58.2 Å². The summed E-state index contributed by atoms with van der Waals surface area (Å²) in [6.07, 6.45) is 8.02. The van der Waals surface area contributed by atoms with Gasteiger partial charge in [0.1, 0.15) is 17.4 Å². The van der Waals surface area contributed by atoms with Gasteiger partial charge in [-0.1, -0.05) is 54.4 Å². The Balaban J connectivity index is 0.00000241. The van der Waals surface area contributed by atoms with Crippen molar-refractivity contribution in [2.75, 3.05) is 47.9 Å². The van der Waals surface area contributed by atoms with E-state index in [2.05, 4.69) is 56.6 Å². The number of likely N-dealkylation sites (tertiary alicyclic amines) is 1. The molecule has 0 radical (unpaired) electrons. The number of anilines is 4. The van der Waals surface area contributed by atoms with E-state index in [-0.39, 0.29) is 41.4 Å². The molecule has 8 rings (SSSR count). The first-order valence-electron chi connectivity index (χ1n) is 22.5. The van der Waals surface area contributed by atoms with E-state index in [0.717, 1.165) is 35.1 Å². The average Bonchev–Trinajstić information content (AvgIpc) is 4.07. The van der Waals surface area contributed by atoms with E-state index in [4.69, 9.17) is 31.7 Å². The van der Waals surface area contributed by atoms with Gasteiger partial charge in [0.05, 0.1) is 17.0 Å². The molecule has 0 saturated carbocycles. The lowest BCUT2D eigenvalue weighted by Gasteiger charge is -2.32. The van der Waals surface area contributed by atoms with Gasteiger partial charge in [-0.2, -0.15) is 19.5 Å². The Hall–Kier alpha value is -8.34. The maximum Gasteiger partial charge on any atom is 0.320 e. The molecule has 6 heterocycles. The van der Waals surface area contributed by atoms with Crippen LogP contribution < -0.4 is 32.3 Å². The fraction of sp³-hybridized carbons (Fsp3) is 0.271. The number of amides is 3. The summed E-state index contributed by atoms with van der Waals surface area (Å²) in [6.45, 7) is 4.62. The lowest BCUT2D eigenvalue weighted by molar-refractivity contribution is -0.144. The lowest BCUT2D eigenvalue weighted by Crippen LogP contribution is -2.44. The number of nitrogens with one attached hydrogen (secondary N) is 5. The standard InChI is InChI=1S/C47H49ClN14O6.CH2O2/c1-28-31(32-9-5-11-34(40(32)48)56-43(65)36-18-16-30(26-54-36)27-61-22-3-2-12-37(61)44(66)67)8-4-10-33(28)55-42(64)35-17-15-29(25-53-35)24-50-20-21-51-39(63)14-6-19-52-46-58-45(49)62-47(59-46)57-41(60-62)38-13-7-23-68-38;2-1-3/h4-5,7-11,13,15-18,23,25-26,37,50H,2-3,6,12,14,19-22,24,27H2,1H3,(H,51,63)(H,55,64)(H,56,65)(H,66,67)(H3,49,52,57,58,59,60);1H,(H,2,3)/t37-;/m0./s1. The van der Waals surface area contributed by atoms with Gasteiger partial charge in [-0.05, 0) is 91.4 Å². The molecule has 0 unspecified atom stereocenters. The maximum absolute atomic E-state index is 13.3. The number of benzene rings is 2. The molecule has 0 bridgehead atoms. The number of hydrogen-bond acceptors (Lipinski definition) is 16. The first-order valence-corrected chi connectivity index (χ1v) is 22.9. The molecule has 368 valence electrons. The van der Waals surface area contributed by atoms with Crippen LogP contribution in [0.4, 0.5) is 23.3 Å². The number of aromatic nitrogens is 7. The van der Waals surface area contributed by atoms with Crippen LogP contribution in [-0.2, 0) is 27.5 Å². The number of rotatable bonds is 19. The molecular formula is C48H51ClN14O8. The number of hydrogen-bond donors (Lipinski definition) is 8. The molecule has 2 aromatic carbocycles. The number of carboxylic acid groups (broad SMARTS) is 2. The molecule has 5 aromatic heterocycles. The van der Waals surface area contributed by atoms with Crippen LogP contribution in [0.5, 0.6) is 0 Å². The molecule has 23 heteroatoms. The van der Waals surface area contributed by atoms with E-state index >= 15 is 0 Å². The minimum atomic E-state index is -0.827. The lowest BCUT2D eigenvalue weighted by atomic mass is 9.98. The zero-order valence-corrected chi connectivity index (χ0v) is 39.2. The van der Waals surface area contributed by atoms with Crippen molar-refractivity contribution in [1.29, 1.82) is 0 Å². The minimum Gasteiger partial charge on any atom is -0.483 e. The molecule has 0 spiro atoms. The Labute approximate surface area is 411 Å². The van der Waals surface area contributed by atoms with E-state index in [0.29, 0.717) is 92.1 Å². The first kappa shape index (κ1) is 50.5. The normalized spacial score (nSPS) is 13.4. The maximum atomic E-state index is 13.3.